The van der Waals surface area contributed by atoms with Gasteiger partial charge in [-0.3, -0.25) is 4.90 Å². The van der Waals surface area contributed by atoms with Crippen molar-refractivity contribution >= 4 is 11.3 Å². The summed E-state index contributed by atoms with van der Waals surface area (Å²) in [7, 11) is 0. The molecule has 0 amide bonds. The topological polar surface area (TPSA) is 60.6 Å². The Balaban J connectivity index is 1.71. The highest BCUT2D eigenvalue weighted by Crippen LogP contribution is 2.29. The average Bonchev–Trinajstić information content (AvgIpc) is 3.18. The fourth-order valence-corrected chi connectivity index (χ4v) is 3.28. The Bertz CT molecular complexity index is 598. The Kier molecular flexibility index (Phi) is 5.07. The molecule has 6 nitrogen and oxygen atoms in total. The largest absolute Gasteiger partial charge is 0.469 e. The second-order valence-corrected chi connectivity index (χ2v) is 6.14. The van der Waals surface area contributed by atoms with Crippen molar-refractivity contribution in [1.82, 2.24) is 15.1 Å². The summed E-state index contributed by atoms with van der Waals surface area (Å²) in [5.74, 6) is 1.97. The molecule has 22 heavy (non-hydrogen) atoms. The quantitative estimate of drug-likeness (QED) is 0.814. The molecule has 1 atom stereocenters. The predicted octanol–water partition coefficient (Wildman–Crippen LogP) is 2.67. The van der Waals surface area contributed by atoms with E-state index in [1.165, 1.54) is 11.3 Å². The van der Waals surface area contributed by atoms with E-state index in [4.69, 9.17) is 13.9 Å². The van der Waals surface area contributed by atoms with Gasteiger partial charge in [-0.1, -0.05) is 18.3 Å². The Morgan fingerprint density at radius 1 is 1.36 bits per heavy atom. The molecule has 1 fully saturated rings. The van der Waals surface area contributed by atoms with Gasteiger partial charge in [-0.25, -0.2) is 0 Å². The van der Waals surface area contributed by atoms with Crippen molar-refractivity contribution in [3.63, 3.8) is 0 Å². The number of aryl methyl sites for hydroxylation is 1. The predicted molar refractivity (Wildman–Crippen MR) is 83.1 cm³/mol. The summed E-state index contributed by atoms with van der Waals surface area (Å²) in [5, 5.41) is 9.85. The fraction of sp³-hybridized carbons (Fsp3) is 0.600. The summed E-state index contributed by atoms with van der Waals surface area (Å²) in [6.45, 7) is 7.62. The van der Waals surface area contributed by atoms with Crippen molar-refractivity contribution in [2.24, 2.45) is 0 Å². The van der Waals surface area contributed by atoms with Crippen molar-refractivity contribution in [2.75, 3.05) is 26.4 Å². The van der Waals surface area contributed by atoms with Crippen LogP contribution < -0.4 is 4.74 Å². The van der Waals surface area contributed by atoms with Gasteiger partial charge in [0.2, 0.25) is 0 Å². The first-order valence-electron chi connectivity index (χ1n) is 7.65. The van der Waals surface area contributed by atoms with Crippen molar-refractivity contribution in [3.8, 4) is 5.19 Å². The van der Waals surface area contributed by atoms with Crippen LogP contribution in [0.1, 0.15) is 36.4 Å². The molecule has 3 rings (SSSR count). The SMILES string of the molecule is CCOc1nnc(CN2CCOC[C@@H]2c2ccc(CC)o2)s1. The first-order valence-corrected chi connectivity index (χ1v) is 8.47. The van der Waals surface area contributed by atoms with Gasteiger partial charge in [0.1, 0.15) is 16.5 Å². The van der Waals surface area contributed by atoms with Crippen LogP contribution in [-0.4, -0.2) is 41.5 Å². The summed E-state index contributed by atoms with van der Waals surface area (Å²) in [6.07, 6.45) is 0.904. The molecule has 0 unspecified atom stereocenters. The molecule has 120 valence electrons. The highest BCUT2D eigenvalue weighted by Gasteiger charge is 2.28. The van der Waals surface area contributed by atoms with Gasteiger partial charge in [0, 0.05) is 13.0 Å². The molecule has 0 radical (unpaired) electrons. The van der Waals surface area contributed by atoms with Crippen LogP contribution in [0.15, 0.2) is 16.5 Å². The number of aromatic nitrogens is 2. The molecule has 0 aromatic carbocycles. The van der Waals surface area contributed by atoms with Gasteiger partial charge < -0.3 is 13.9 Å². The molecule has 0 spiro atoms. The fourth-order valence-electron chi connectivity index (χ4n) is 2.51. The number of ether oxygens (including phenoxy) is 2. The lowest BCUT2D eigenvalue weighted by Gasteiger charge is -2.33. The van der Waals surface area contributed by atoms with E-state index in [0.29, 0.717) is 18.4 Å². The summed E-state index contributed by atoms with van der Waals surface area (Å²) >= 11 is 1.50. The van der Waals surface area contributed by atoms with E-state index in [9.17, 15) is 0 Å². The van der Waals surface area contributed by atoms with Gasteiger partial charge in [-0.15, -0.1) is 10.2 Å². The Hall–Kier alpha value is -1.44. The van der Waals surface area contributed by atoms with Gasteiger partial charge in [0.25, 0.3) is 5.19 Å². The molecule has 2 aromatic heterocycles. The number of rotatable bonds is 6. The first-order chi connectivity index (χ1) is 10.8. The van der Waals surface area contributed by atoms with Crippen LogP contribution in [0.5, 0.6) is 5.19 Å². The molecule has 1 aliphatic heterocycles. The Labute approximate surface area is 134 Å². The van der Waals surface area contributed by atoms with Crippen LogP contribution in [0.2, 0.25) is 0 Å². The molecule has 0 N–H and O–H groups in total. The smallest absolute Gasteiger partial charge is 0.294 e. The van der Waals surface area contributed by atoms with E-state index in [1.54, 1.807) is 0 Å². The van der Waals surface area contributed by atoms with Gasteiger partial charge in [0.15, 0.2) is 0 Å². The maximum Gasteiger partial charge on any atom is 0.294 e. The van der Waals surface area contributed by atoms with Crippen LogP contribution in [0.25, 0.3) is 0 Å². The molecule has 3 heterocycles. The molecule has 0 bridgehead atoms. The third kappa shape index (κ3) is 3.48. The van der Waals surface area contributed by atoms with E-state index < -0.39 is 0 Å². The lowest BCUT2D eigenvalue weighted by molar-refractivity contribution is -0.0206. The molecule has 1 aliphatic rings. The average molecular weight is 323 g/mol. The molecule has 0 saturated carbocycles. The highest BCUT2D eigenvalue weighted by atomic mass is 32.1. The zero-order valence-electron chi connectivity index (χ0n) is 12.9. The highest BCUT2D eigenvalue weighted by molar-refractivity contribution is 7.13. The maximum absolute atomic E-state index is 5.91. The van der Waals surface area contributed by atoms with E-state index >= 15 is 0 Å². The first kappa shape index (κ1) is 15.5. The summed E-state index contributed by atoms with van der Waals surface area (Å²) < 4.78 is 16.9. The summed E-state index contributed by atoms with van der Waals surface area (Å²) in [5.41, 5.74) is 0. The standard InChI is InChI=1S/C15H21N3O3S/c1-3-11-5-6-13(21-11)12-10-19-8-7-18(12)9-14-16-17-15(22-14)20-4-2/h5-6,12H,3-4,7-10H2,1-2H3/t12-/m1/s1. The third-order valence-electron chi connectivity index (χ3n) is 3.65. The van der Waals surface area contributed by atoms with Crippen LogP contribution in [0, 0.1) is 0 Å². The number of hydrogen-bond acceptors (Lipinski definition) is 7. The van der Waals surface area contributed by atoms with E-state index in [1.807, 2.05) is 13.0 Å². The molecular formula is C15H21N3O3S. The minimum absolute atomic E-state index is 0.133. The lowest BCUT2D eigenvalue weighted by atomic mass is 10.2. The van der Waals surface area contributed by atoms with Crippen molar-refractivity contribution < 1.29 is 13.9 Å². The molecule has 7 heteroatoms. The van der Waals surface area contributed by atoms with Crippen LogP contribution in [0.4, 0.5) is 0 Å². The van der Waals surface area contributed by atoms with Gasteiger partial charge in [-0.05, 0) is 19.1 Å². The van der Waals surface area contributed by atoms with Crippen molar-refractivity contribution in [2.45, 2.75) is 32.9 Å². The van der Waals surface area contributed by atoms with Crippen molar-refractivity contribution in [1.29, 1.82) is 0 Å². The van der Waals surface area contributed by atoms with Crippen LogP contribution >= 0.6 is 11.3 Å². The minimum atomic E-state index is 0.133. The van der Waals surface area contributed by atoms with E-state index in [2.05, 4.69) is 28.1 Å². The monoisotopic (exact) mass is 323 g/mol. The van der Waals surface area contributed by atoms with Gasteiger partial charge in [-0.2, -0.15) is 0 Å². The third-order valence-corrected chi connectivity index (χ3v) is 4.47. The number of nitrogens with zero attached hydrogens (tertiary/aromatic N) is 3. The van der Waals surface area contributed by atoms with Gasteiger partial charge in [0.05, 0.1) is 32.4 Å². The number of furan rings is 1. The Morgan fingerprint density at radius 2 is 2.27 bits per heavy atom. The zero-order chi connectivity index (χ0) is 15.4. The molecular weight excluding hydrogens is 302 g/mol. The molecule has 1 saturated heterocycles. The van der Waals surface area contributed by atoms with Crippen molar-refractivity contribution in [3.05, 3.63) is 28.7 Å². The Morgan fingerprint density at radius 3 is 3.05 bits per heavy atom. The zero-order valence-corrected chi connectivity index (χ0v) is 13.8. The molecule has 2 aromatic rings. The maximum atomic E-state index is 5.91. The number of hydrogen-bond donors (Lipinski definition) is 0. The van der Waals surface area contributed by atoms with E-state index in [-0.39, 0.29) is 6.04 Å². The van der Waals surface area contributed by atoms with Crippen LogP contribution in [-0.2, 0) is 17.7 Å². The van der Waals surface area contributed by atoms with Gasteiger partial charge >= 0.3 is 0 Å². The minimum Gasteiger partial charge on any atom is -0.469 e. The second-order valence-electron chi connectivity index (χ2n) is 5.11. The number of morpholine rings is 1. The normalized spacial score (nSPS) is 19.5. The van der Waals surface area contributed by atoms with Crippen LogP contribution in [0.3, 0.4) is 0 Å². The second kappa shape index (κ2) is 7.21. The summed E-state index contributed by atoms with van der Waals surface area (Å²) in [4.78, 5) is 2.33. The van der Waals surface area contributed by atoms with E-state index in [0.717, 1.165) is 42.6 Å². The molecule has 0 aliphatic carbocycles. The summed E-state index contributed by atoms with van der Waals surface area (Å²) in [6, 6.07) is 4.23. The lowest BCUT2D eigenvalue weighted by Crippen LogP contribution is -2.38.